The first-order chi connectivity index (χ1) is 9.24. The molecule has 0 saturated heterocycles. The molecule has 0 N–H and O–H groups in total. The molecule has 3 aromatic rings. The van der Waals surface area contributed by atoms with Gasteiger partial charge in [0.25, 0.3) is 0 Å². The fraction of sp³-hybridized carbons (Fsp3) is 0.0667. The van der Waals surface area contributed by atoms with Crippen LogP contribution in [-0.4, -0.2) is 10.8 Å². The van der Waals surface area contributed by atoms with Crippen molar-refractivity contribution in [2.45, 2.75) is 6.42 Å². The number of nitrogens with zero attached hydrogens (tertiary/aromatic N) is 1. The van der Waals surface area contributed by atoms with E-state index in [-0.39, 0.29) is 5.78 Å². The summed E-state index contributed by atoms with van der Waals surface area (Å²) in [6.45, 7) is 0. The number of halogens is 1. The van der Waals surface area contributed by atoms with E-state index in [1.807, 2.05) is 48.5 Å². The highest BCUT2D eigenvalue weighted by atomic mass is 127. The predicted octanol–water partition coefficient (Wildman–Crippen LogP) is 4.33. The molecule has 0 fully saturated rings. The standard InChI is InChI=1S/C15H10INOS/c16-11-6-2-1-5-10(11)13(18)9-15-17-12-7-3-4-8-14(12)19-15/h1-8H,9H2. The molecule has 19 heavy (non-hydrogen) atoms. The van der Waals surface area contributed by atoms with Crippen LogP contribution in [0.5, 0.6) is 0 Å². The zero-order valence-corrected chi connectivity index (χ0v) is 12.9. The van der Waals surface area contributed by atoms with Crippen molar-refractivity contribution in [1.29, 1.82) is 0 Å². The number of carbonyl (C=O) groups excluding carboxylic acids is 1. The highest BCUT2D eigenvalue weighted by Crippen LogP contribution is 2.23. The van der Waals surface area contributed by atoms with Gasteiger partial charge in [-0.1, -0.05) is 30.3 Å². The van der Waals surface area contributed by atoms with Crippen molar-refractivity contribution in [3.05, 3.63) is 62.7 Å². The van der Waals surface area contributed by atoms with E-state index in [1.54, 1.807) is 11.3 Å². The molecule has 3 rings (SSSR count). The summed E-state index contributed by atoms with van der Waals surface area (Å²) in [5, 5.41) is 0.880. The Bertz CT molecular complexity index is 717. The monoisotopic (exact) mass is 379 g/mol. The Morgan fingerprint density at radius 2 is 1.84 bits per heavy atom. The van der Waals surface area contributed by atoms with Crippen molar-refractivity contribution in [3.63, 3.8) is 0 Å². The minimum atomic E-state index is 0.129. The molecule has 2 nitrogen and oxygen atoms in total. The van der Waals surface area contributed by atoms with E-state index in [1.165, 1.54) is 0 Å². The lowest BCUT2D eigenvalue weighted by Gasteiger charge is -2.01. The van der Waals surface area contributed by atoms with Gasteiger partial charge >= 0.3 is 0 Å². The van der Waals surface area contributed by atoms with Gasteiger partial charge in [0.15, 0.2) is 5.78 Å². The summed E-state index contributed by atoms with van der Waals surface area (Å²) in [5.74, 6) is 0.129. The molecule has 0 amide bonds. The second kappa shape index (κ2) is 5.38. The van der Waals surface area contributed by atoms with Crippen LogP contribution < -0.4 is 0 Å². The van der Waals surface area contributed by atoms with Crippen LogP contribution in [0.3, 0.4) is 0 Å². The summed E-state index contributed by atoms with van der Waals surface area (Å²) in [4.78, 5) is 16.8. The number of hydrogen-bond donors (Lipinski definition) is 0. The fourth-order valence-electron chi connectivity index (χ4n) is 1.92. The van der Waals surface area contributed by atoms with Gasteiger partial charge < -0.3 is 0 Å². The Morgan fingerprint density at radius 1 is 1.11 bits per heavy atom. The van der Waals surface area contributed by atoms with Crippen LogP contribution in [0.15, 0.2) is 48.5 Å². The average Bonchev–Trinajstić information content (AvgIpc) is 2.81. The van der Waals surface area contributed by atoms with Gasteiger partial charge in [-0.3, -0.25) is 4.79 Å². The molecule has 0 saturated carbocycles. The smallest absolute Gasteiger partial charge is 0.170 e. The Morgan fingerprint density at radius 3 is 2.63 bits per heavy atom. The normalized spacial score (nSPS) is 10.8. The molecule has 1 aromatic heterocycles. The number of thiazole rings is 1. The van der Waals surface area contributed by atoms with Crippen molar-refractivity contribution in [2.75, 3.05) is 0 Å². The summed E-state index contributed by atoms with van der Waals surface area (Å²) in [5.41, 5.74) is 1.75. The van der Waals surface area contributed by atoms with Crippen molar-refractivity contribution < 1.29 is 4.79 Å². The van der Waals surface area contributed by atoms with Gasteiger partial charge in [-0.25, -0.2) is 4.98 Å². The summed E-state index contributed by atoms with van der Waals surface area (Å²) >= 11 is 3.79. The number of carbonyl (C=O) groups is 1. The van der Waals surface area contributed by atoms with E-state index < -0.39 is 0 Å². The van der Waals surface area contributed by atoms with Crippen molar-refractivity contribution in [3.8, 4) is 0 Å². The van der Waals surface area contributed by atoms with Gasteiger partial charge in [0.2, 0.25) is 0 Å². The molecule has 0 aliphatic carbocycles. The van der Waals surface area contributed by atoms with Crippen LogP contribution >= 0.6 is 33.9 Å². The maximum atomic E-state index is 12.3. The topological polar surface area (TPSA) is 30.0 Å². The number of rotatable bonds is 3. The van der Waals surface area contributed by atoms with E-state index in [2.05, 4.69) is 27.6 Å². The van der Waals surface area contributed by atoms with Crippen LogP contribution in [0.2, 0.25) is 0 Å². The molecule has 0 atom stereocenters. The number of fused-ring (bicyclic) bond motifs is 1. The summed E-state index contributed by atoms with van der Waals surface area (Å²) in [7, 11) is 0. The van der Waals surface area contributed by atoms with E-state index in [0.717, 1.165) is 24.4 Å². The summed E-state index contributed by atoms with van der Waals surface area (Å²) in [6.07, 6.45) is 0.374. The van der Waals surface area contributed by atoms with Crippen molar-refractivity contribution in [2.24, 2.45) is 0 Å². The molecule has 0 bridgehead atoms. The van der Waals surface area contributed by atoms with E-state index >= 15 is 0 Å². The predicted molar refractivity (Wildman–Crippen MR) is 86.8 cm³/mol. The number of Topliss-reactive ketones (excluding diaryl/α,β-unsaturated/α-hetero) is 1. The van der Waals surface area contributed by atoms with E-state index in [9.17, 15) is 4.79 Å². The van der Waals surface area contributed by atoms with Gasteiger partial charge in [-0.15, -0.1) is 11.3 Å². The second-order valence-corrected chi connectivity index (χ2v) is 6.43. The zero-order chi connectivity index (χ0) is 13.2. The molecule has 4 heteroatoms. The minimum absolute atomic E-state index is 0.129. The maximum Gasteiger partial charge on any atom is 0.170 e. The lowest BCUT2D eigenvalue weighted by molar-refractivity contribution is 0.0992. The van der Waals surface area contributed by atoms with Gasteiger partial charge in [-0.05, 0) is 40.8 Å². The fourth-order valence-corrected chi connectivity index (χ4v) is 3.57. The molecule has 0 aliphatic rings. The molecule has 94 valence electrons. The molecule has 0 unspecified atom stereocenters. The Kier molecular flexibility index (Phi) is 3.61. The maximum absolute atomic E-state index is 12.3. The molecule has 1 heterocycles. The van der Waals surface area contributed by atoms with Gasteiger partial charge in [-0.2, -0.15) is 0 Å². The molecule has 0 aliphatic heterocycles. The number of aromatic nitrogens is 1. The summed E-state index contributed by atoms with van der Waals surface area (Å²) in [6, 6.07) is 15.6. The van der Waals surface area contributed by atoms with Crippen LogP contribution in [0, 0.1) is 3.57 Å². The first-order valence-corrected chi connectivity index (χ1v) is 7.76. The van der Waals surface area contributed by atoms with E-state index in [4.69, 9.17) is 0 Å². The number of para-hydroxylation sites is 1. The lowest BCUT2D eigenvalue weighted by atomic mass is 10.1. The third kappa shape index (κ3) is 2.69. The summed E-state index contributed by atoms with van der Waals surface area (Å²) < 4.78 is 2.12. The van der Waals surface area contributed by atoms with Crippen LogP contribution in [0.1, 0.15) is 15.4 Å². The zero-order valence-electron chi connectivity index (χ0n) is 9.97. The van der Waals surface area contributed by atoms with Crippen LogP contribution in [0.25, 0.3) is 10.2 Å². The van der Waals surface area contributed by atoms with E-state index in [0.29, 0.717) is 6.42 Å². The SMILES string of the molecule is O=C(Cc1nc2ccccc2s1)c1ccccc1I. The number of benzene rings is 2. The average molecular weight is 379 g/mol. The lowest BCUT2D eigenvalue weighted by Crippen LogP contribution is -2.05. The highest BCUT2D eigenvalue weighted by Gasteiger charge is 2.13. The third-order valence-corrected chi connectivity index (χ3v) is 4.80. The second-order valence-electron chi connectivity index (χ2n) is 4.16. The van der Waals surface area contributed by atoms with Crippen molar-refractivity contribution >= 4 is 49.9 Å². The van der Waals surface area contributed by atoms with Gasteiger partial charge in [0, 0.05) is 9.13 Å². The molecule has 0 spiro atoms. The van der Waals surface area contributed by atoms with Gasteiger partial charge in [0.05, 0.1) is 16.6 Å². The Hall–Kier alpha value is -1.27. The quantitative estimate of drug-likeness (QED) is 0.501. The molecular weight excluding hydrogens is 369 g/mol. The molecular formula is C15H10INOS. The van der Waals surface area contributed by atoms with Crippen LogP contribution in [-0.2, 0) is 6.42 Å². The minimum Gasteiger partial charge on any atom is -0.294 e. The Labute approximate surface area is 128 Å². The first-order valence-electron chi connectivity index (χ1n) is 5.86. The Balaban J connectivity index is 1.89. The number of ketones is 1. The van der Waals surface area contributed by atoms with Crippen LogP contribution in [0.4, 0.5) is 0 Å². The largest absolute Gasteiger partial charge is 0.294 e. The highest BCUT2D eigenvalue weighted by molar-refractivity contribution is 14.1. The number of hydrogen-bond acceptors (Lipinski definition) is 3. The first kappa shape index (κ1) is 12.7. The van der Waals surface area contributed by atoms with Gasteiger partial charge in [0.1, 0.15) is 5.01 Å². The molecule has 0 radical (unpaired) electrons. The van der Waals surface area contributed by atoms with Crippen molar-refractivity contribution in [1.82, 2.24) is 4.98 Å². The third-order valence-electron chi connectivity index (χ3n) is 2.82. The molecule has 2 aromatic carbocycles.